The van der Waals surface area contributed by atoms with E-state index in [0.29, 0.717) is 0 Å². The van der Waals surface area contributed by atoms with Gasteiger partial charge in [0.05, 0.1) is 6.54 Å². The normalized spacial score (nSPS) is 11.9. The van der Waals surface area contributed by atoms with E-state index < -0.39 is 17.9 Å². The van der Waals surface area contributed by atoms with Gasteiger partial charge in [0.25, 0.3) is 5.91 Å². The van der Waals surface area contributed by atoms with Gasteiger partial charge in [-0.1, -0.05) is 0 Å². The Balaban J connectivity index is 2.78. The van der Waals surface area contributed by atoms with E-state index in [4.69, 9.17) is 28.2 Å². The van der Waals surface area contributed by atoms with Gasteiger partial charge in [-0.05, 0) is 11.6 Å². The second kappa shape index (κ2) is 5.41. The average Bonchev–Trinajstić information content (AvgIpc) is 2.24. The van der Waals surface area contributed by atoms with Crippen molar-refractivity contribution in [1.29, 1.82) is 0 Å². The largest absolute Gasteiger partial charge is 0.381 e. The Morgan fingerprint density at radius 3 is 2.65 bits per heavy atom. The summed E-state index contributed by atoms with van der Waals surface area (Å²) >= 11 is 5.55. The number of nitrogens with zero attached hydrogens (tertiary/aromatic N) is 2. The van der Waals surface area contributed by atoms with Gasteiger partial charge < -0.3 is 21.9 Å². The van der Waals surface area contributed by atoms with Crippen molar-refractivity contribution in [3.8, 4) is 0 Å². The van der Waals surface area contributed by atoms with Gasteiger partial charge in [0.2, 0.25) is 11.2 Å². The van der Waals surface area contributed by atoms with Crippen molar-refractivity contribution in [2.45, 2.75) is 6.10 Å². The van der Waals surface area contributed by atoms with Gasteiger partial charge in [-0.2, -0.15) is 0 Å². The first-order valence-corrected chi connectivity index (χ1v) is 4.83. The molecule has 1 heterocycles. The predicted molar refractivity (Wildman–Crippen MR) is 59.3 cm³/mol. The summed E-state index contributed by atoms with van der Waals surface area (Å²) in [5.74, 6) is -1.50. The van der Waals surface area contributed by atoms with Crippen molar-refractivity contribution in [3.05, 3.63) is 17.0 Å². The Labute approximate surface area is 101 Å². The van der Waals surface area contributed by atoms with E-state index in [1.807, 2.05) is 0 Å². The van der Waals surface area contributed by atoms with Crippen LogP contribution in [0.1, 0.15) is 10.5 Å². The Kier molecular flexibility index (Phi) is 4.18. The predicted octanol–water partition coefficient (Wildman–Crippen LogP) is -1.51. The zero-order valence-electron chi connectivity index (χ0n) is 8.55. The summed E-state index contributed by atoms with van der Waals surface area (Å²) in [5.41, 5.74) is 9.78. The highest BCUT2D eigenvalue weighted by Crippen LogP contribution is 2.10. The SMILES string of the molecule is NC(=O)c1cc(NCC(O)C(N)=O)nc(Cl)n1. The zero-order chi connectivity index (χ0) is 13.0. The van der Waals surface area contributed by atoms with Gasteiger partial charge >= 0.3 is 0 Å². The average molecular weight is 260 g/mol. The molecule has 1 aromatic rings. The van der Waals surface area contributed by atoms with Crippen LogP contribution in [-0.4, -0.2) is 39.5 Å². The Hall–Kier alpha value is -1.93. The van der Waals surface area contributed by atoms with Crippen molar-refractivity contribution in [2.75, 3.05) is 11.9 Å². The van der Waals surface area contributed by atoms with Gasteiger partial charge in [0.15, 0.2) is 0 Å². The van der Waals surface area contributed by atoms with E-state index in [-0.39, 0.29) is 23.3 Å². The number of anilines is 1. The Morgan fingerprint density at radius 2 is 2.12 bits per heavy atom. The van der Waals surface area contributed by atoms with Crippen LogP contribution in [0.4, 0.5) is 5.82 Å². The maximum Gasteiger partial charge on any atom is 0.267 e. The van der Waals surface area contributed by atoms with Crippen molar-refractivity contribution in [3.63, 3.8) is 0 Å². The molecule has 0 spiro atoms. The van der Waals surface area contributed by atoms with E-state index in [0.717, 1.165) is 0 Å². The van der Waals surface area contributed by atoms with Crippen molar-refractivity contribution in [1.82, 2.24) is 9.97 Å². The number of halogens is 1. The Morgan fingerprint density at radius 1 is 1.47 bits per heavy atom. The molecule has 92 valence electrons. The van der Waals surface area contributed by atoms with E-state index in [1.165, 1.54) is 6.07 Å². The molecule has 1 atom stereocenters. The molecule has 8 nitrogen and oxygen atoms in total. The quantitative estimate of drug-likeness (QED) is 0.473. The summed E-state index contributed by atoms with van der Waals surface area (Å²) in [4.78, 5) is 28.7. The molecule has 1 rings (SSSR count). The number of rotatable bonds is 5. The van der Waals surface area contributed by atoms with E-state index in [1.54, 1.807) is 0 Å². The van der Waals surface area contributed by atoms with E-state index in [2.05, 4.69) is 15.3 Å². The lowest BCUT2D eigenvalue weighted by atomic mass is 10.3. The lowest BCUT2D eigenvalue weighted by molar-refractivity contribution is -0.125. The number of aliphatic hydroxyl groups excluding tert-OH is 1. The van der Waals surface area contributed by atoms with Crippen LogP contribution in [0.15, 0.2) is 6.07 Å². The second-order valence-corrected chi connectivity index (χ2v) is 3.41. The third kappa shape index (κ3) is 3.85. The molecule has 6 N–H and O–H groups in total. The molecule has 0 aromatic carbocycles. The number of nitrogens with two attached hydrogens (primary N) is 2. The first-order chi connectivity index (χ1) is 7.90. The molecule has 1 aromatic heterocycles. The molecule has 2 amide bonds. The first-order valence-electron chi connectivity index (χ1n) is 4.46. The number of nitrogens with one attached hydrogen (secondary N) is 1. The molecule has 9 heteroatoms. The van der Waals surface area contributed by atoms with Crippen LogP contribution in [0.2, 0.25) is 5.28 Å². The molecule has 0 aliphatic rings. The summed E-state index contributed by atoms with van der Waals surface area (Å²) in [6.07, 6.45) is -1.37. The van der Waals surface area contributed by atoms with Crippen LogP contribution in [-0.2, 0) is 4.79 Å². The van der Waals surface area contributed by atoms with Gasteiger partial charge in [0.1, 0.15) is 17.6 Å². The number of hydrogen-bond donors (Lipinski definition) is 4. The minimum absolute atomic E-state index is 0.0823. The molecule has 17 heavy (non-hydrogen) atoms. The number of amides is 2. The molecule has 0 aliphatic heterocycles. The third-order valence-electron chi connectivity index (χ3n) is 1.76. The number of aliphatic hydroxyl groups is 1. The molecule has 0 fully saturated rings. The molecule has 0 aliphatic carbocycles. The van der Waals surface area contributed by atoms with Gasteiger partial charge in [0, 0.05) is 6.07 Å². The third-order valence-corrected chi connectivity index (χ3v) is 1.93. The molecule has 1 unspecified atom stereocenters. The van der Waals surface area contributed by atoms with E-state index in [9.17, 15) is 9.59 Å². The fourth-order valence-corrected chi connectivity index (χ4v) is 1.12. The van der Waals surface area contributed by atoms with Crippen molar-refractivity contribution < 1.29 is 14.7 Å². The van der Waals surface area contributed by atoms with Crippen LogP contribution in [0, 0.1) is 0 Å². The number of primary amides is 2. The number of carbonyl (C=O) groups is 2. The highest BCUT2D eigenvalue weighted by atomic mass is 35.5. The molecule has 0 bridgehead atoms. The van der Waals surface area contributed by atoms with Crippen LogP contribution in [0.25, 0.3) is 0 Å². The summed E-state index contributed by atoms with van der Waals surface area (Å²) in [5, 5.41) is 11.5. The van der Waals surface area contributed by atoms with Crippen LogP contribution in [0.3, 0.4) is 0 Å². The fraction of sp³-hybridized carbons (Fsp3) is 0.250. The van der Waals surface area contributed by atoms with Gasteiger partial charge in [-0.15, -0.1) is 0 Å². The maximum atomic E-state index is 10.9. The molecule has 0 saturated carbocycles. The minimum atomic E-state index is -1.37. The van der Waals surface area contributed by atoms with Crippen molar-refractivity contribution >= 4 is 29.2 Å². The van der Waals surface area contributed by atoms with Crippen LogP contribution in [0.5, 0.6) is 0 Å². The van der Waals surface area contributed by atoms with Crippen LogP contribution >= 0.6 is 11.6 Å². The molecular weight excluding hydrogens is 250 g/mol. The smallest absolute Gasteiger partial charge is 0.267 e. The molecule has 0 saturated heterocycles. The minimum Gasteiger partial charge on any atom is -0.381 e. The lowest BCUT2D eigenvalue weighted by Gasteiger charge is -2.09. The standard InChI is InChI=1S/C8H10ClN5O3/c9-8-13-3(6(10)16)1-5(14-8)12-2-4(15)7(11)17/h1,4,15H,2H2,(H2,10,16)(H2,11,17)(H,12,13,14). The molecule has 0 radical (unpaired) electrons. The molecular formula is C8H10ClN5O3. The maximum absolute atomic E-state index is 10.9. The zero-order valence-corrected chi connectivity index (χ0v) is 9.31. The Bertz CT molecular complexity index is 453. The topological polar surface area (TPSA) is 144 Å². The summed E-state index contributed by atoms with van der Waals surface area (Å²) in [7, 11) is 0. The van der Waals surface area contributed by atoms with Gasteiger partial charge in [-0.25, -0.2) is 9.97 Å². The monoisotopic (exact) mass is 259 g/mol. The summed E-state index contributed by atoms with van der Waals surface area (Å²) < 4.78 is 0. The highest BCUT2D eigenvalue weighted by Gasteiger charge is 2.12. The highest BCUT2D eigenvalue weighted by molar-refractivity contribution is 6.28. The summed E-state index contributed by atoms with van der Waals surface area (Å²) in [6.45, 7) is -0.166. The number of aromatic nitrogens is 2. The number of hydrogen-bond acceptors (Lipinski definition) is 6. The lowest BCUT2D eigenvalue weighted by Crippen LogP contribution is -2.34. The first kappa shape index (κ1) is 13.1. The summed E-state index contributed by atoms with van der Waals surface area (Å²) in [6, 6.07) is 1.24. The fourth-order valence-electron chi connectivity index (χ4n) is 0.936. The van der Waals surface area contributed by atoms with Crippen molar-refractivity contribution in [2.24, 2.45) is 11.5 Å². The van der Waals surface area contributed by atoms with E-state index >= 15 is 0 Å². The van der Waals surface area contributed by atoms with Crippen LogP contribution < -0.4 is 16.8 Å². The van der Waals surface area contributed by atoms with Gasteiger partial charge in [-0.3, -0.25) is 9.59 Å². The number of carbonyl (C=O) groups excluding carboxylic acids is 2. The second-order valence-electron chi connectivity index (χ2n) is 3.07.